The number of amides is 1. The van der Waals surface area contributed by atoms with Crippen molar-refractivity contribution in [2.75, 3.05) is 27.4 Å². The molecule has 152 valence electrons. The number of carbonyl (C=O) groups excluding carboxylic acids is 1. The lowest BCUT2D eigenvalue weighted by Crippen LogP contribution is -2.22. The van der Waals surface area contributed by atoms with Crippen molar-refractivity contribution in [2.45, 2.75) is 6.92 Å². The van der Waals surface area contributed by atoms with Crippen molar-refractivity contribution in [3.8, 4) is 17.2 Å². The lowest BCUT2D eigenvalue weighted by Gasteiger charge is -2.14. The lowest BCUT2D eigenvalue weighted by molar-refractivity contribution is -0.121. The fraction of sp³-hybridized carbons (Fsp3) is 0.238. The number of nitrogens with zero attached hydrogens (tertiary/aromatic N) is 1. The topological polar surface area (TPSA) is 48.0 Å². The highest BCUT2D eigenvalue weighted by Crippen LogP contribution is 2.39. The molecular formula is C21H20BrNO4S2. The number of carbonyl (C=O) groups is 1. The van der Waals surface area contributed by atoms with E-state index in [1.165, 1.54) is 16.7 Å². The predicted molar refractivity (Wildman–Crippen MR) is 124 cm³/mol. The van der Waals surface area contributed by atoms with Crippen molar-refractivity contribution < 1.29 is 19.0 Å². The number of hydrogen-bond acceptors (Lipinski definition) is 6. The van der Waals surface area contributed by atoms with Crippen LogP contribution in [0.1, 0.15) is 11.1 Å². The molecule has 8 heteroatoms. The summed E-state index contributed by atoms with van der Waals surface area (Å²) in [6.45, 7) is 2.76. The van der Waals surface area contributed by atoms with E-state index in [-0.39, 0.29) is 5.91 Å². The molecule has 0 aliphatic carbocycles. The molecule has 0 bridgehead atoms. The van der Waals surface area contributed by atoms with Crippen LogP contribution in [0.5, 0.6) is 17.2 Å². The fourth-order valence-electron chi connectivity index (χ4n) is 2.67. The Balaban J connectivity index is 1.69. The second kappa shape index (κ2) is 9.65. The molecular weight excluding hydrogens is 474 g/mol. The van der Waals surface area contributed by atoms with Gasteiger partial charge in [0.25, 0.3) is 5.91 Å². The molecule has 1 fully saturated rings. The summed E-state index contributed by atoms with van der Waals surface area (Å²) in [4.78, 5) is 14.2. The van der Waals surface area contributed by atoms with Gasteiger partial charge >= 0.3 is 0 Å². The first-order chi connectivity index (χ1) is 13.9. The van der Waals surface area contributed by atoms with Gasteiger partial charge in [0.05, 0.1) is 16.5 Å². The largest absolute Gasteiger partial charge is 0.493 e. The molecule has 1 amide bonds. The Morgan fingerprint density at radius 1 is 1.17 bits per heavy atom. The highest BCUT2D eigenvalue weighted by atomic mass is 79.9. The minimum Gasteiger partial charge on any atom is -0.493 e. The van der Waals surface area contributed by atoms with Gasteiger partial charge in [-0.2, -0.15) is 0 Å². The third-order valence-electron chi connectivity index (χ3n) is 4.22. The summed E-state index contributed by atoms with van der Waals surface area (Å²) >= 11 is 9.98. The summed E-state index contributed by atoms with van der Waals surface area (Å²) in [6, 6.07) is 11.5. The number of methoxy groups -OCH3 is 1. The molecule has 2 aromatic rings. The van der Waals surface area contributed by atoms with Gasteiger partial charge in [0.1, 0.15) is 23.3 Å². The van der Waals surface area contributed by atoms with E-state index in [1.54, 1.807) is 20.2 Å². The van der Waals surface area contributed by atoms with Crippen molar-refractivity contribution in [3.63, 3.8) is 0 Å². The third kappa shape index (κ3) is 5.12. The van der Waals surface area contributed by atoms with Crippen LogP contribution in [0.3, 0.4) is 0 Å². The molecule has 3 rings (SSSR count). The number of thiocarbonyl (C=S) groups is 1. The third-order valence-corrected chi connectivity index (χ3v) is 6.29. The average Bonchev–Trinajstić information content (AvgIpc) is 2.94. The monoisotopic (exact) mass is 493 g/mol. The highest BCUT2D eigenvalue weighted by Gasteiger charge is 2.28. The summed E-state index contributed by atoms with van der Waals surface area (Å²) in [6.07, 6.45) is 1.79. The van der Waals surface area contributed by atoms with E-state index < -0.39 is 0 Å². The molecule has 0 unspecified atom stereocenters. The van der Waals surface area contributed by atoms with Crippen LogP contribution in [0.4, 0.5) is 0 Å². The Morgan fingerprint density at radius 2 is 1.90 bits per heavy atom. The Kier molecular flexibility index (Phi) is 7.21. The summed E-state index contributed by atoms with van der Waals surface area (Å²) in [5, 5.41) is 0. The zero-order chi connectivity index (χ0) is 21.0. The minimum absolute atomic E-state index is 0.108. The molecule has 0 N–H and O–H groups in total. The standard InChI is InChI=1S/C21H20BrNO4S2/c1-13-6-4-5-7-16(13)26-8-9-27-19-15(22)10-14(11-17(19)25-3)12-18-20(24)23(2)21(28)29-18/h4-7,10-12H,8-9H2,1-3H3/b18-12-. The van der Waals surface area contributed by atoms with Crippen molar-refractivity contribution in [1.82, 2.24) is 4.90 Å². The first-order valence-electron chi connectivity index (χ1n) is 8.81. The van der Waals surface area contributed by atoms with Gasteiger partial charge in [-0.25, -0.2) is 0 Å². The fourth-order valence-corrected chi connectivity index (χ4v) is 4.43. The zero-order valence-corrected chi connectivity index (χ0v) is 19.4. The highest BCUT2D eigenvalue weighted by molar-refractivity contribution is 9.10. The normalized spacial score (nSPS) is 15.2. The lowest BCUT2D eigenvalue weighted by atomic mass is 10.2. The number of hydrogen-bond donors (Lipinski definition) is 0. The van der Waals surface area contributed by atoms with Crippen molar-refractivity contribution in [1.29, 1.82) is 0 Å². The van der Waals surface area contributed by atoms with E-state index >= 15 is 0 Å². The SMILES string of the molecule is COc1cc(/C=C2\SC(=S)N(C)C2=O)cc(Br)c1OCCOc1ccccc1C. The molecule has 5 nitrogen and oxygen atoms in total. The molecule has 2 aromatic carbocycles. The zero-order valence-electron chi connectivity index (χ0n) is 16.2. The molecule has 0 radical (unpaired) electrons. The molecule has 1 aliphatic rings. The van der Waals surface area contributed by atoms with Crippen LogP contribution < -0.4 is 14.2 Å². The maximum atomic E-state index is 12.2. The number of likely N-dealkylation sites (N-methyl/N-ethyl adjacent to an activating group) is 1. The molecule has 1 aliphatic heterocycles. The van der Waals surface area contributed by atoms with Crippen molar-refractivity contribution in [3.05, 3.63) is 56.9 Å². The van der Waals surface area contributed by atoms with Gasteiger partial charge in [0.15, 0.2) is 11.5 Å². The van der Waals surface area contributed by atoms with Crippen LogP contribution in [0.15, 0.2) is 45.8 Å². The van der Waals surface area contributed by atoms with Gasteiger partial charge in [-0.3, -0.25) is 9.69 Å². The van der Waals surface area contributed by atoms with Gasteiger partial charge in [-0.1, -0.05) is 42.2 Å². The molecule has 1 heterocycles. The van der Waals surface area contributed by atoms with Gasteiger partial charge in [-0.15, -0.1) is 0 Å². The van der Waals surface area contributed by atoms with Crippen LogP contribution in [-0.4, -0.2) is 42.5 Å². The number of halogens is 1. The van der Waals surface area contributed by atoms with Crippen molar-refractivity contribution in [2.24, 2.45) is 0 Å². The van der Waals surface area contributed by atoms with E-state index in [0.29, 0.717) is 33.9 Å². The molecule has 0 aromatic heterocycles. The molecule has 0 atom stereocenters. The maximum absolute atomic E-state index is 12.2. The first-order valence-corrected chi connectivity index (χ1v) is 10.8. The van der Waals surface area contributed by atoms with Crippen LogP contribution in [0, 0.1) is 6.92 Å². The van der Waals surface area contributed by atoms with Gasteiger partial charge in [0, 0.05) is 7.05 Å². The van der Waals surface area contributed by atoms with Crippen LogP contribution in [0.2, 0.25) is 0 Å². The Morgan fingerprint density at radius 3 is 2.55 bits per heavy atom. The molecule has 0 spiro atoms. The number of ether oxygens (including phenoxy) is 3. The van der Waals surface area contributed by atoms with Crippen LogP contribution in [-0.2, 0) is 4.79 Å². The quantitative estimate of drug-likeness (QED) is 0.305. The van der Waals surface area contributed by atoms with E-state index in [0.717, 1.165) is 21.3 Å². The van der Waals surface area contributed by atoms with Gasteiger partial charge in [-0.05, 0) is 58.3 Å². The molecule has 0 saturated carbocycles. The number of rotatable bonds is 7. The molecule has 1 saturated heterocycles. The first kappa shape index (κ1) is 21.7. The van der Waals surface area contributed by atoms with Crippen LogP contribution in [0.25, 0.3) is 6.08 Å². The summed E-state index contributed by atoms with van der Waals surface area (Å²) in [5.41, 5.74) is 1.89. The molecule has 29 heavy (non-hydrogen) atoms. The maximum Gasteiger partial charge on any atom is 0.265 e. The van der Waals surface area contributed by atoms with E-state index in [2.05, 4.69) is 15.9 Å². The van der Waals surface area contributed by atoms with Crippen molar-refractivity contribution >= 4 is 56.2 Å². The second-order valence-electron chi connectivity index (χ2n) is 6.24. The van der Waals surface area contributed by atoms with E-state index in [4.69, 9.17) is 26.4 Å². The van der Waals surface area contributed by atoms with Gasteiger partial charge in [0.2, 0.25) is 0 Å². The summed E-state index contributed by atoms with van der Waals surface area (Å²) in [5.74, 6) is 1.88. The van der Waals surface area contributed by atoms with Crippen LogP contribution >= 0.6 is 39.9 Å². The Hall–Kier alpha value is -2.03. The Bertz CT molecular complexity index is 977. The summed E-state index contributed by atoms with van der Waals surface area (Å²) in [7, 11) is 3.25. The number of thioether (sulfide) groups is 1. The summed E-state index contributed by atoms with van der Waals surface area (Å²) < 4.78 is 18.4. The minimum atomic E-state index is -0.108. The van der Waals surface area contributed by atoms with E-state index in [9.17, 15) is 4.79 Å². The smallest absolute Gasteiger partial charge is 0.265 e. The number of benzene rings is 2. The van der Waals surface area contributed by atoms with Gasteiger partial charge < -0.3 is 14.2 Å². The Labute approximate surface area is 188 Å². The number of para-hydroxylation sites is 1. The predicted octanol–water partition coefficient (Wildman–Crippen LogP) is 5.05. The second-order valence-corrected chi connectivity index (χ2v) is 8.77. The average molecular weight is 494 g/mol. The number of aryl methyl sites for hydroxylation is 1. The van der Waals surface area contributed by atoms with E-state index in [1.807, 2.05) is 43.3 Å².